The fourth-order valence-electron chi connectivity index (χ4n) is 2.90. The van der Waals surface area contributed by atoms with Gasteiger partial charge in [-0.05, 0) is 54.4 Å². The molecule has 1 atom stereocenters. The molecular formula is C19H21NS. The fourth-order valence-corrected chi connectivity index (χ4v) is 3.87. The highest BCUT2D eigenvalue weighted by Crippen LogP contribution is 2.33. The second-order valence-electron chi connectivity index (χ2n) is 5.46. The molecule has 0 spiro atoms. The average molecular weight is 295 g/mol. The van der Waals surface area contributed by atoms with Gasteiger partial charge in [0, 0.05) is 9.75 Å². The van der Waals surface area contributed by atoms with Crippen LogP contribution in [0.2, 0.25) is 0 Å². The molecule has 0 fully saturated rings. The molecule has 0 saturated carbocycles. The molecule has 0 bridgehead atoms. The lowest BCUT2D eigenvalue weighted by Gasteiger charge is -2.20. The van der Waals surface area contributed by atoms with E-state index in [-0.39, 0.29) is 6.04 Å². The van der Waals surface area contributed by atoms with Gasteiger partial charge in [-0.1, -0.05) is 43.3 Å². The van der Waals surface area contributed by atoms with E-state index in [0.29, 0.717) is 0 Å². The summed E-state index contributed by atoms with van der Waals surface area (Å²) in [5, 5.41) is 6.36. The van der Waals surface area contributed by atoms with Crippen molar-refractivity contribution in [2.24, 2.45) is 0 Å². The van der Waals surface area contributed by atoms with Gasteiger partial charge in [-0.2, -0.15) is 0 Å². The molecule has 3 rings (SSSR count). The van der Waals surface area contributed by atoms with Crippen LogP contribution in [0.15, 0.2) is 48.5 Å². The number of benzene rings is 2. The van der Waals surface area contributed by atoms with Crippen molar-refractivity contribution in [3.05, 3.63) is 69.4 Å². The van der Waals surface area contributed by atoms with Gasteiger partial charge in [-0.3, -0.25) is 0 Å². The molecule has 0 aliphatic rings. The van der Waals surface area contributed by atoms with Crippen molar-refractivity contribution >= 4 is 22.1 Å². The van der Waals surface area contributed by atoms with Crippen LogP contribution < -0.4 is 5.32 Å². The molecule has 1 nitrogen and oxygen atoms in total. The molecule has 108 valence electrons. The standard InChI is InChI=1S/C19H21NS/c1-4-20-19(18-12-10-14(3)21-18)17-11-9-13(2)15-7-5-6-8-16(15)17/h5-12,19-20H,4H2,1-3H3. The Hall–Kier alpha value is -1.64. The number of rotatable bonds is 4. The number of aryl methyl sites for hydroxylation is 2. The first-order chi connectivity index (χ1) is 10.2. The van der Waals surface area contributed by atoms with Crippen molar-refractivity contribution in [3.8, 4) is 0 Å². The molecule has 1 aromatic heterocycles. The molecule has 0 radical (unpaired) electrons. The van der Waals surface area contributed by atoms with E-state index < -0.39 is 0 Å². The Labute approximate surface area is 130 Å². The third-order valence-electron chi connectivity index (χ3n) is 3.94. The van der Waals surface area contributed by atoms with Gasteiger partial charge in [0.05, 0.1) is 6.04 Å². The molecule has 1 unspecified atom stereocenters. The summed E-state index contributed by atoms with van der Waals surface area (Å²) in [4.78, 5) is 2.76. The molecule has 21 heavy (non-hydrogen) atoms. The van der Waals surface area contributed by atoms with Gasteiger partial charge >= 0.3 is 0 Å². The Bertz CT molecular complexity index is 757. The third-order valence-corrected chi connectivity index (χ3v) is 5.01. The van der Waals surface area contributed by atoms with E-state index in [1.807, 2.05) is 11.3 Å². The van der Waals surface area contributed by atoms with Crippen LogP contribution in [0.1, 0.15) is 33.8 Å². The van der Waals surface area contributed by atoms with Crippen molar-refractivity contribution < 1.29 is 0 Å². The zero-order valence-corrected chi connectivity index (χ0v) is 13.6. The Kier molecular flexibility index (Phi) is 4.09. The lowest BCUT2D eigenvalue weighted by atomic mass is 9.95. The predicted molar refractivity (Wildman–Crippen MR) is 93.3 cm³/mol. The quantitative estimate of drug-likeness (QED) is 0.696. The van der Waals surface area contributed by atoms with Crippen LogP contribution in [0.5, 0.6) is 0 Å². The minimum Gasteiger partial charge on any atom is -0.306 e. The Morgan fingerprint density at radius 3 is 2.38 bits per heavy atom. The highest BCUT2D eigenvalue weighted by atomic mass is 32.1. The van der Waals surface area contributed by atoms with Crippen LogP contribution in [0.25, 0.3) is 10.8 Å². The zero-order valence-electron chi connectivity index (χ0n) is 12.8. The van der Waals surface area contributed by atoms with E-state index in [2.05, 4.69) is 74.6 Å². The van der Waals surface area contributed by atoms with Gasteiger partial charge in [-0.15, -0.1) is 11.3 Å². The van der Waals surface area contributed by atoms with E-state index in [4.69, 9.17) is 0 Å². The predicted octanol–water partition coefficient (Wildman–Crippen LogP) is 5.22. The number of hydrogen-bond acceptors (Lipinski definition) is 2. The van der Waals surface area contributed by atoms with E-state index in [9.17, 15) is 0 Å². The largest absolute Gasteiger partial charge is 0.306 e. The van der Waals surface area contributed by atoms with Crippen LogP contribution in [-0.2, 0) is 0 Å². The van der Waals surface area contributed by atoms with Crippen molar-refractivity contribution in [1.82, 2.24) is 5.32 Å². The normalized spacial score (nSPS) is 12.7. The Morgan fingerprint density at radius 1 is 0.952 bits per heavy atom. The van der Waals surface area contributed by atoms with Crippen molar-refractivity contribution in [3.63, 3.8) is 0 Å². The molecule has 1 heterocycles. The Balaban J connectivity index is 2.18. The second-order valence-corrected chi connectivity index (χ2v) is 6.78. The van der Waals surface area contributed by atoms with E-state index in [1.165, 1.54) is 31.7 Å². The molecular weight excluding hydrogens is 274 g/mol. The maximum atomic E-state index is 3.65. The monoisotopic (exact) mass is 295 g/mol. The summed E-state index contributed by atoms with van der Waals surface area (Å²) in [5.41, 5.74) is 2.71. The van der Waals surface area contributed by atoms with E-state index in [1.54, 1.807) is 0 Å². The molecule has 0 aliphatic carbocycles. The second kappa shape index (κ2) is 6.00. The van der Waals surface area contributed by atoms with Gasteiger partial charge in [0.15, 0.2) is 0 Å². The first-order valence-electron chi connectivity index (χ1n) is 7.48. The van der Waals surface area contributed by atoms with E-state index in [0.717, 1.165) is 6.54 Å². The van der Waals surface area contributed by atoms with Gasteiger partial charge in [0.2, 0.25) is 0 Å². The summed E-state index contributed by atoms with van der Waals surface area (Å²) in [6, 6.07) is 18.0. The van der Waals surface area contributed by atoms with Gasteiger partial charge < -0.3 is 5.32 Å². The maximum Gasteiger partial charge on any atom is 0.0677 e. The molecule has 2 aromatic carbocycles. The third kappa shape index (κ3) is 2.74. The minimum absolute atomic E-state index is 0.277. The lowest BCUT2D eigenvalue weighted by Crippen LogP contribution is -2.21. The molecule has 0 amide bonds. The van der Waals surface area contributed by atoms with Crippen LogP contribution >= 0.6 is 11.3 Å². The number of hydrogen-bond donors (Lipinski definition) is 1. The van der Waals surface area contributed by atoms with Gasteiger partial charge in [0.1, 0.15) is 0 Å². The molecule has 1 N–H and O–H groups in total. The first kappa shape index (κ1) is 14.3. The smallest absolute Gasteiger partial charge is 0.0677 e. The van der Waals surface area contributed by atoms with Crippen LogP contribution in [0.3, 0.4) is 0 Å². The summed E-state index contributed by atoms with van der Waals surface area (Å²) in [6.45, 7) is 7.49. The van der Waals surface area contributed by atoms with Crippen molar-refractivity contribution in [1.29, 1.82) is 0 Å². The zero-order chi connectivity index (χ0) is 14.8. The molecule has 0 aliphatic heterocycles. The van der Waals surface area contributed by atoms with Gasteiger partial charge in [0.25, 0.3) is 0 Å². The summed E-state index contributed by atoms with van der Waals surface area (Å²) in [6.07, 6.45) is 0. The molecule has 2 heteroatoms. The summed E-state index contributed by atoms with van der Waals surface area (Å²) < 4.78 is 0. The average Bonchev–Trinajstić information content (AvgIpc) is 2.92. The number of thiophene rings is 1. The highest BCUT2D eigenvalue weighted by Gasteiger charge is 2.17. The Morgan fingerprint density at radius 2 is 1.71 bits per heavy atom. The lowest BCUT2D eigenvalue weighted by molar-refractivity contribution is 0.643. The maximum absolute atomic E-state index is 3.65. The van der Waals surface area contributed by atoms with Crippen LogP contribution in [0.4, 0.5) is 0 Å². The summed E-state index contributed by atoms with van der Waals surface area (Å²) >= 11 is 1.88. The van der Waals surface area contributed by atoms with E-state index >= 15 is 0 Å². The summed E-state index contributed by atoms with van der Waals surface area (Å²) in [5.74, 6) is 0. The summed E-state index contributed by atoms with van der Waals surface area (Å²) in [7, 11) is 0. The van der Waals surface area contributed by atoms with Crippen molar-refractivity contribution in [2.75, 3.05) is 6.54 Å². The number of nitrogens with one attached hydrogen (secondary N) is 1. The highest BCUT2D eigenvalue weighted by molar-refractivity contribution is 7.12. The van der Waals surface area contributed by atoms with Crippen LogP contribution in [-0.4, -0.2) is 6.54 Å². The first-order valence-corrected chi connectivity index (χ1v) is 8.30. The SMILES string of the molecule is CCNC(c1ccc(C)s1)c1ccc(C)c2ccccc12. The molecule has 0 saturated heterocycles. The van der Waals surface area contributed by atoms with Crippen LogP contribution in [0, 0.1) is 13.8 Å². The van der Waals surface area contributed by atoms with Gasteiger partial charge in [-0.25, -0.2) is 0 Å². The fraction of sp³-hybridized carbons (Fsp3) is 0.263. The number of fused-ring (bicyclic) bond motifs is 1. The molecule has 3 aromatic rings. The topological polar surface area (TPSA) is 12.0 Å². The van der Waals surface area contributed by atoms with Crippen molar-refractivity contribution in [2.45, 2.75) is 26.8 Å². The minimum atomic E-state index is 0.277.